The Balaban J connectivity index is 1.67. The van der Waals surface area contributed by atoms with E-state index in [1.165, 1.54) is 28.6 Å². The van der Waals surface area contributed by atoms with Crippen LogP contribution in [-0.2, 0) is 12.8 Å². The molecule has 80 valence electrons. The Morgan fingerprint density at radius 2 is 2.20 bits per heavy atom. The van der Waals surface area contributed by atoms with Crippen LogP contribution in [0.25, 0.3) is 0 Å². The third kappa shape index (κ3) is 3.47. The first-order chi connectivity index (χ1) is 7.34. The second-order valence-electron chi connectivity index (χ2n) is 3.47. The molecule has 0 aliphatic heterocycles. The summed E-state index contributed by atoms with van der Waals surface area (Å²) in [5.41, 5.74) is 0. The molecule has 0 aliphatic rings. The van der Waals surface area contributed by atoms with Gasteiger partial charge in [0, 0.05) is 33.5 Å². The summed E-state index contributed by atoms with van der Waals surface area (Å²) in [6.45, 7) is 0. The number of imidazole rings is 1. The predicted molar refractivity (Wildman–Crippen MR) is 67.2 cm³/mol. The van der Waals surface area contributed by atoms with Gasteiger partial charge in [-0.1, -0.05) is 0 Å². The van der Waals surface area contributed by atoms with Crippen molar-refractivity contribution in [3.8, 4) is 0 Å². The molecule has 4 heteroatoms. The number of H-pyrrole nitrogens is 1. The fraction of sp³-hybridized carbons (Fsp3) is 0.364. The van der Waals surface area contributed by atoms with Gasteiger partial charge in [-0.15, -0.1) is 11.3 Å². The smallest absolute Gasteiger partial charge is 0.105 e. The van der Waals surface area contributed by atoms with Crippen molar-refractivity contribution in [1.29, 1.82) is 0 Å². The Morgan fingerprint density at radius 3 is 2.87 bits per heavy atom. The number of nitrogens with one attached hydrogen (secondary N) is 1. The lowest BCUT2D eigenvalue weighted by atomic mass is 10.1. The van der Waals surface area contributed by atoms with E-state index in [-0.39, 0.29) is 0 Å². The number of aromatic amines is 1. The number of rotatable bonds is 5. The summed E-state index contributed by atoms with van der Waals surface area (Å²) in [5.74, 6) is 1.10. The molecule has 1 N–H and O–H groups in total. The van der Waals surface area contributed by atoms with E-state index in [1.54, 1.807) is 0 Å². The summed E-state index contributed by atoms with van der Waals surface area (Å²) in [5, 5.41) is 2.14. The number of halogens is 1. The van der Waals surface area contributed by atoms with E-state index in [1.807, 2.05) is 23.7 Å². The first-order valence-electron chi connectivity index (χ1n) is 5.06. The molecule has 0 unspecified atom stereocenters. The largest absolute Gasteiger partial charge is 0.349 e. The van der Waals surface area contributed by atoms with Crippen molar-refractivity contribution in [2.45, 2.75) is 25.7 Å². The van der Waals surface area contributed by atoms with Crippen molar-refractivity contribution in [3.05, 3.63) is 39.0 Å². The zero-order chi connectivity index (χ0) is 10.5. The normalized spacial score (nSPS) is 10.7. The third-order valence-electron chi connectivity index (χ3n) is 2.26. The molecule has 0 saturated carbocycles. The van der Waals surface area contributed by atoms with Gasteiger partial charge >= 0.3 is 0 Å². The van der Waals surface area contributed by atoms with Crippen molar-refractivity contribution in [1.82, 2.24) is 9.97 Å². The van der Waals surface area contributed by atoms with Crippen LogP contribution in [0.4, 0.5) is 0 Å². The van der Waals surface area contributed by atoms with Crippen molar-refractivity contribution < 1.29 is 0 Å². The lowest BCUT2D eigenvalue weighted by Gasteiger charge is -1.97. The number of thiophene rings is 1. The van der Waals surface area contributed by atoms with Crippen LogP contribution in [0.3, 0.4) is 0 Å². The van der Waals surface area contributed by atoms with Gasteiger partial charge < -0.3 is 4.98 Å². The Labute approximate surface area is 102 Å². The number of nitrogens with zero attached hydrogens (tertiary/aromatic N) is 1. The highest BCUT2D eigenvalue weighted by Crippen LogP contribution is 2.21. The van der Waals surface area contributed by atoms with Crippen LogP contribution >= 0.6 is 27.3 Å². The van der Waals surface area contributed by atoms with Crippen LogP contribution in [0.1, 0.15) is 23.5 Å². The molecule has 2 aromatic rings. The van der Waals surface area contributed by atoms with E-state index < -0.39 is 0 Å². The number of unbranched alkanes of at least 4 members (excludes halogenated alkanes) is 1. The lowest BCUT2D eigenvalue weighted by Crippen LogP contribution is -1.89. The van der Waals surface area contributed by atoms with E-state index >= 15 is 0 Å². The molecule has 0 aromatic carbocycles. The summed E-state index contributed by atoms with van der Waals surface area (Å²) in [6, 6.07) is 2.21. The van der Waals surface area contributed by atoms with Gasteiger partial charge in [-0.05, 0) is 41.3 Å². The number of hydrogen-bond donors (Lipinski definition) is 1. The van der Waals surface area contributed by atoms with Crippen molar-refractivity contribution >= 4 is 27.3 Å². The second kappa shape index (κ2) is 5.47. The first-order valence-corrected chi connectivity index (χ1v) is 6.73. The average molecular weight is 285 g/mol. The third-order valence-corrected chi connectivity index (χ3v) is 4.02. The van der Waals surface area contributed by atoms with Gasteiger partial charge in [-0.3, -0.25) is 0 Å². The maximum absolute atomic E-state index is 4.20. The standard InChI is InChI=1S/C11H13BrN2S/c12-9-7-10(15-8-9)3-1-2-4-11-13-5-6-14-11/h5-8H,1-4H2,(H,13,14). The van der Waals surface area contributed by atoms with Crippen molar-refractivity contribution in [2.75, 3.05) is 0 Å². The summed E-state index contributed by atoms with van der Waals surface area (Å²) in [7, 11) is 0. The number of aromatic nitrogens is 2. The Bertz CT molecular complexity index is 394. The highest BCUT2D eigenvalue weighted by molar-refractivity contribution is 9.10. The molecule has 0 amide bonds. The molecule has 15 heavy (non-hydrogen) atoms. The van der Waals surface area contributed by atoms with Crippen molar-refractivity contribution in [3.63, 3.8) is 0 Å². The molecule has 2 nitrogen and oxygen atoms in total. The minimum atomic E-state index is 1.06. The SMILES string of the molecule is Brc1csc(CCCCc2ncc[nH]2)c1. The summed E-state index contributed by atoms with van der Waals surface area (Å²) in [6.07, 6.45) is 8.35. The number of hydrogen-bond acceptors (Lipinski definition) is 2. The van der Waals surface area contributed by atoms with E-state index in [2.05, 4.69) is 37.3 Å². The molecule has 2 aromatic heterocycles. The fourth-order valence-corrected chi connectivity index (χ4v) is 3.01. The van der Waals surface area contributed by atoms with Crippen molar-refractivity contribution in [2.24, 2.45) is 0 Å². The van der Waals surface area contributed by atoms with Gasteiger partial charge in [-0.2, -0.15) is 0 Å². The molecule has 0 radical (unpaired) electrons. The Hall–Kier alpha value is -0.610. The van der Waals surface area contributed by atoms with Gasteiger partial charge in [0.1, 0.15) is 5.82 Å². The fourth-order valence-electron chi connectivity index (χ4n) is 1.51. The highest BCUT2D eigenvalue weighted by Gasteiger charge is 1.99. The average Bonchev–Trinajstić information content (AvgIpc) is 2.84. The van der Waals surface area contributed by atoms with Gasteiger partial charge in [0.05, 0.1) is 0 Å². The quantitative estimate of drug-likeness (QED) is 0.832. The molecular formula is C11H13BrN2S. The van der Waals surface area contributed by atoms with Gasteiger partial charge in [0.2, 0.25) is 0 Å². The minimum absolute atomic E-state index is 1.06. The van der Waals surface area contributed by atoms with E-state index in [0.717, 1.165) is 12.2 Å². The second-order valence-corrected chi connectivity index (χ2v) is 5.39. The molecule has 2 heterocycles. The van der Waals surface area contributed by atoms with E-state index in [0.29, 0.717) is 0 Å². The molecule has 0 saturated heterocycles. The summed E-state index contributed by atoms with van der Waals surface area (Å²) in [4.78, 5) is 8.79. The molecule has 2 rings (SSSR count). The highest BCUT2D eigenvalue weighted by atomic mass is 79.9. The van der Waals surface area contributed by atoms with Crippen LogP contribution in [-0.4, -0.2) is 9.97 Å². The molecule has 0 aliphatic carbocycles. The molecular weight excluding hydrogens is 272 g/mol. The molecule has 0 bridgehead atoms. The lowest BCUT2D eigenvalue weighted by molar-refractivity contribution is 0.718. The zero-order valence-corrected chi connectivity index (χ0v) is 10.8. The van der Waals surface area contributed by atoms with Crippen LogP contribution in [0, 0.1) is 0 Å². The summed E-state index contributed by atoms with van der Waals surface area (Å²) >= 11 is 5.30. The van der Waals surface area contributed by atoms with Crippen LogP contribution < -0.4 is 0 Å². The Kier molecular flexibility index (Phi) is 3.97. The maximum atomic E-state index is 4.20. The predicted octanol–water partition coefficient (Wildman–Crippen LogP) is 3.80. The zero-order valence-electron chi connectivity index (χ0n) is 8.37. The number of aryl methyl sites for hydroxylation is 2. The van der Waals surface area contributed by atoms with E-state index in [4.69, 9.17) is 0 Å². The summed E-state index contributed by atoms with van der Waals surface area (Å²) < 4.78 is 1.20. The first kappa shape index (κ1) is 10.9. The molecule has 0 fully saturated rings. The molecule has 0 spiro atoms. The maximum Gasteiger partial charge on any atom is 0.105 e. The van der Waals surface area contributed by atoms with Gasteiger partial charge in [-0.25, -0.2) is 4.98 Å². The van der Waals surface area contributed by atoms with Crippen LogP contribution in [0.2, 0.25) is 0 Å². The molecule has 0 atom stereocenters. The topological polar surface area (TPSA) is 28.7 Å². The van der Waals surface area contributed by atoms with Gasteiger partial charge in [0.15, 0.2) is 0 Å². The Morgan fingerprint density at radius 1 is 1.33 bits per heavy atom. The monoisotopic (exact) mass is 284 g/mol. The van der Waals surface area contributed by atoms with Gasteiger partial charge in [0.25, 0.3) is 0 Å². The van der Waals surface area contributed by atoms with Crippen LogP contribution in [0.15, 0.2) is 28.3 Å². The van der Waals surface area contributed by atoms with E-state index in [9.17, 15) is 0 Å². The minimum Gasteiger partial charge on any atom is -0.349 e. The van der Waals surface area contributed by atoms with Crippen LogP contribution in [0.5, 0.6) is 0 Å².